The van der Waals surface area contributed by atoms with Crippen molar-refractivity contribution in [3.05, 3.63) is 0 Å². The molecule has 22 heavy (non-hydrogen) atoms. The standard InChI is InChI=1S/C15H27N3O4/c1-5-6-12(19)17-7-9-18(10-8-17)13(20)11-16-14(21)22-15(2,3)4/h5-11H2,1-4H3,(H,16,21). The first-order valence-corrected chi connectivity index (χ1v) is 7.75. The van der Waals surface area contributed by atoms with Crippen LogP contribution in [-0.2, 0) is 14.3 Å². The summed E-state index contributed by atoms with van der Waals surface area (Å²) in [5.74, 6) is -0.0186. The fourth-order valence-electron chi connectivity index (χ4n) is 2.15. The molecule has 0 atom stereocenters. The lowest BCUT2D eigenvalue weighted by molar-refractivity contribution is -0.139. The van der Waals surface area contributed by atoms with Crippen molar-refractivity contribution in [2.45, 2.75) is 46.1 Å². The van der Waals surface area contributed by atoms with Gasteiger partial charge < -0.3 is 19.9 Å². The second-order valence-electron chi connectivity index (χ2n) is 6.37. The molecule has 0 aromatic heterocycles. The third-order valence-electron chi connectivity index (χ3n) is 3.23. The SMILES string of the molecule is CCCC(=O)N1CCN(C(=O)CNC(=O)OC(C)(C)C)CC1. The Kier molecular flexibility index (Phi) is 6.64. The summed E-state index contributed by atoms with van der Waals surface area (Å²) in [6, 6.07) is 0. The van der Waals surface area contributed by atoms with Crippen LogP contribution in [0.15, 0.2) is 0 Å². The normalized spacial score (nSPS) is 15.5. The second kappa shape index (κ2) is 8.00. The van der Waals surface area contributed by atoms with E-state index < -0.39 is 11.7 Å². The maximum absolute atomic E-state index is 12.0. The van der Waals surface area contributed by atoms with Crippen molar-refractivity contribution >= 4 is 17.9 Å². The van der Waals surface area contributed by atoms with Crippen molar-refractivity contribution < 1.29 is 19.1 Å². The molecule has 1 N–H and O–H groups in total. The fraction of sp³-hybridized carbons (Fsp3) is 0.800. The number of hydrogen-bond donors (Lipinski definition) is 1. The Morgan fingerprint density at radius 1 is 1.00 bits per heavy atom. The van der Waals surface area contributed by atoms with Crippen molar-refractivity contribution in [3.63, 3.8) is 0 Å². The maximum Gasteiger partial charge on any atom is 0.408 e. The minimum Gasteiger partial charge on any atom is -0.444 e. The molecule has 0 bridgehead atoms. The zero-order valence-corrected chi connectivity index (χ0v) is 14.0. The van der Waals surface area contributed by atoms with E-state index in [1.165, 1.54) is 0 Å². The highest BCUT2D eigenvalue weighted by molar-refractivity contribution is 5.83. The fourth-order valence-corrected chi connectivity index (χ4v) is 2.15. The van der Waals surface area contributed by atoms with E-state index >= 15 is 0 Å². The highest BCUT2D eigenvalue weighted by atomic mass is 16.6. The molecule has 1 rings (SSSR count). The molecular weight excluding hydrogens is 286 g/mol. The highest BCUT2D eigenvalue weighted by Crippen LogP contribution is 2.07. The van der Waals surface area contributed by atoms with Crippen molar-refractivity contribution in [2.24, 2.45) is 0 Å². The quantitative estimate of drug-likeness (QED) is 0.839. The first-order chi connectivity index (χ1) is 10.2. The summed E-state index contributed by atoms with van der Waals surface area (Å²) in [4.78, 5) is 38.7. The van der Waals surface area contributed by atoms with Gasteiger partial charge in [-0.3, -0.25) is 9.59 Å². The Morgan fingerprint density at radius 2 is 1.50 bits per heavy atom. The average molecular weight is 313 g/mol. The van der Waals surface area contributed by atoms with Crippen LogP contribution in [0.3, 0.4) is 0 Å². The van der Waals surface area contributed by atoms with Gasteiger partial charge in [0.15, 0.2) is 0 Å². The van der Waals surface area contributed by atoms with Gasteiger partial charge in [0, 0.05) is 32.6 Å². The molecule has 0 unspecified atom stereocenters. The van der Waals surface area contributed by atoms with E-state index in [1.807, 2.05) is 6.92 Å². The number of piperazine rings is 1. The number of ether oxygens (including phenoxy) is 1. The lowest BCUT2D eigenvalue weighted by Gasteiger charge is -2.34. The number of carbonyl (C=O) groups excluding carboxylic acids is 3. The molecule has 1 aliphatic heterocycles. The first-order valence-electron chi connectivity index (χ1n) is 7.75. The lowest BCUT2D eigenvalue weighted by atomic mass is 10.2. The molecule has 0 radical (unpaired) electrons. The summed E-state index contributed by atoms with van der Waals surface area (Å²) < 4.78 is 5.08. The maximum atomic E-state index is 12.0. The molecular formula is C15H27N3O4. The molecule has 1 aliphatic rings. The molecule has 1 fully saturated rings. The number of nitrogens with zero attached hydrogens (tertiary/aromatic N) is 2. The Hall–Kier alpha value is -1.79. The third kappa shape index (κ3) is 6.32. The van der Waals surface area contributed by atoms with E-state index in [2.05, 4.69) is 5.32 Å². The predicted octanol–water partition coefficient (Wildman–Crippen LogP) is 0.982. The second-order valence-corrected chi connectivity index (χ2v) is 6.37. The van der Waals surface area contributed by atoms with E-state index in [4.69, 9.17) is 4.74 Å². The molecule has 0 spiro atoms. The lowest BCUT2D eigenvalue weighted by Crippen LogP contribution is -2.52. The predicted molar refractivity (Wildman–Crippen MR) is 82.3 cm³/mol. The largest absolute Gasteiger partial charge is 0.444 e. The van der Waals surface area contributed by atoms with Crippen molar-refractivity contribution in [2.75, 3.05) is 32.7 Å². The van der Waals surface area contributed by atoms with Crippen molar-refractivity contribution in [3.8, 4) is 0 Å². The molecule has 0 aliphatic carbocycles. The Morgan fingerprint density at radius 3 is 1.95 bits per heavy atom. The Balaban J connectivity index is 2.31. The average Bonchev–Trinajstić information content (AvgIpc) is 2.43. The summed E-state index contributed by atoms with van der Waals surface area (Å²) in [7, 11) is 0. The Labute approximate surface area is 132 Å². The molecule has 0 aromatic rings. The number of rotatable bonds is 4. The van der Waals surface area contributed by atoms with Gasteiger partial charge in [-0.2, -0.15) is 0 Å². The van der Waals surface area contributed by atoms with Crippen LogP contribution >= 0.6 is 0 Å². The van der Waals surface area contributed by atoms with Gasteiger partial charge in [0.05, 0.1) is 0 Å². The zero-order chi connectivity index (χ0) is 16.8. The first kappa shape index (κ1) is 18.3. The zero-order valence-electron chi connectivity index (χ0n) is 14.0. The summed E-state index contributed by atoms with van der Waals surface area (Å²) in [6.07, 6.45) is 0.781. The summed E-state index contributed by atoms with van der Waals surface area (Å²) in [5.41, 5.74) is -0.585. The number of alkyl carbamates (subject to hydrolysis) is 1. The van der Waals surface area contributed by atoms with Gasteiger partial charge in [0.2, 0.25) is 11.8 Å². The molecule has 7 heteroatoms. The van der Waals surface area contributed by atoms with Crippen LogP contribution in [0.2, 0.25) is 0 Å². The number of carbonyl (C=O) groups is 3. The van der Waals surface area contributed by atoms with E-state index in [1.54, 1.807) is 30.6 Å². The number of hydrogen-bond acceptors (Lipinski definition) is 4. The molecule has 0 aromatic carbocycles. The van der Waals surface area contributed by atoms with Crippen molar-refractivity contribution in [1.82, 2.24) is 15.1 Å². The molecule has 126 valence electrons. The van der Waals surface area contributed by atoms with E-state index in [0.717, 1.165) is 6.42 Å². The van der Waals surface area contributed by atoms with Crippen LogP contribution in [0.5, 0.6) is 0 Å². The van der Waals surface area contributed by atoms with Crippen LogP contribution in [-0.4, -0.2) is 66.0 Å². The molecule has 0 saturated carbocycles. The van der Waals surface area contributed by atoms with E-state index in [-0.39, 0.29) is 18.4 Å². The summed E-state index contributed by atoms with van der Waals surface area (Å²) in [5, 5.41) is 2.46. The third-order valence-corrected chi connectivity index (χ3v) is 3.23. The van der Waals surface area contributed by atoms with Crippen LogP contribution in [0.1, 0.15) is 40.5 Å². The topological polar surface area (TPSA) is 79.0 Å². The molecule has 3 amide bonds. The van der Waals surface area contributed by atoms with Gasteiger partial charge in [-0.15, -0.1) is 0 Å². The van der Waals surface area contributed by atoms with Crippen LogP contribution in [0.4, 0.5) is 4.79 Å². The van der Waals surface area contributed by atoms with Gasteiger partial charge in [0.25, 0.3) is 0 Å². The molecule has 1 heterocycles. The molecule has 1 saturated heterocycles. The van der Waals surface area contributed by atoms with Gasteiger partial charge in [0.1, 0.15) is 12.1 Å². The Bertz CT molecular complexity index is 410. The highest BCUT2D eigenvalue weighted by Gasteiger charge is 2.24. The minimum atomic E-state index is -0.599. The van der Waals surface area contributed by atoms with E-state index in [9.17, 15) is 14.4 Å². The van der Waals surface area contributed by atoms with Gasteiger partial charge in [-0.05, 0) is 27.2 Å². The monoisotopic (exact) mass is 313 g/mol. The van der Waals surface area contributed by atoms with Gasteiger partial charge in [-0.1, -0.05) is 6.92 Å². The summed E-state index contributed by atoms with van der Waals surface area (Å²) >= 11 is 0. The molecule has 7 nitrogen and oxygen atoms in total. The van der Waals surface area contributed by atoms with Crippen LogP contribution in [0.25, 0.3) is 0 Å². The minimum absolute atomic E-state index is 0.0855. The van der Waals surface area contributed by atoms with E-state index in [0.29, 0.717) is 32.6 Å². The smallest absolute Gasteiger partial charge is 0.408 e. The van der Waals surface area contributed by atoms with Crippen molar-refractivity contribution in [1.29, 1.82) is 0 Å². The number of amides is 3. The summed E-state index contributed by atoms with van der Waals surface area (Å²) in [6.45, 7) is 9.29. The van der Waals surface area contributed by atoms with Crippen LogP contribution < -0.4 is 5.32 Å². The number of nitrogens with one attached hydrogen (secondary N) is 1. The van der Waals surface area contributed by atoms with Gasteiger partial charge >= 0.3 is 6.09 Å². The van der Waals surface area contributed by atoms with Gasteiger partial charge in [-0.25, -0.2) is 4.79 Å². The van der Waals surface area contributed by atoms with Crippen LogP contribution in [0, 0.1) is 0 Å².